The van der Waals surface area contributed by atoms with Crippen LogP contribution >= 0.6 is 0 Å². The van der Waals surface area contributed by atoms with Crippen LogP contribution in [0.5, 0.6) is 17.2 Å². The van der Waals surface area contributed by atoms with Gasteiger partial charge in [0.2, 0.25) is 0 Å². The highest BCUT2D eigenvalue weighted by molar-refractivity contribution is 5.82. The van der Waals surface area contributed by atoms with Crippen molar-refractivity contribution in [1.82, 2.24) is 0 Å². The molecule has 3 aromatic rings. The van der Waals surface area contributed by atoms with Crippen molar-refractivity contribution in [2.24, 2.45) is 0 Å². The zero-order chi connectivity index (χ0) is 21.9. The largest absolute Gasteiger partial charge is 0.573 e. The van der Waals surface area contributed by atoms with Crippen molar-refractivity contribution in [3.05, 3.63) is 77.9 Å². The van der Waals surface area contributed by atoms with Crippen LogP contribution in [0.3, 0.4) is 0 Å². The first-order valence-corrected chi connectivity index (χ1v) is 9.29. The van der Waals surface area contributed by atoms with Crippen molar-refractivity contribution in [1.29, 1.82) is 0 Å². The molecular formula is C24H21F3O3. The van der Waals surface area contributed by atoms with E-state index < -0.39 is 6.36 Å². The summed E-state index contributed by atoms with van der Waals surface area (Å²) >= 11 is 0. The second-order valence-corrected chi connectivity index (χ2v) is 7.82. The zero-order valence-electron chi connectivity index (χ0n) is 16.8. The van der Waals surface area contributed by atoms with Gasteiger partial charge in [-0.25, -0.2) is 0 Å². The van der Waals surface area contributed by atoms with Crippen molar-refractivity contribution in [3.63, 3.8) is 0 Å². The SMILES string of the molecule is CC(C)(C)c1ccc(-c2ccc(C=O)c(Oc3ccc(OC(F)(F)F)cc3)c2)cc1. The predicted octanol–water partition coefficient (Wildman–Crippen LogP) is 7.15. The molecule has 0 spiro atoms. The number of aldehydes is 1. The highest BCUT2D eigenvalue weighted by Gasteiger charge is 2.31. The summed E-state index contributed by atoms with van der Waals surface area (Å²) in [7, 11) is 0. The molecule has 0 aliphatic rings. The standard InChI is InChI=1S/C24H21F3O3/c1-23(2,3)19-8-6-16(7-9-19)17-4-5-18(15-28)22(14-17)29-20-10-12-21(13-11-20)30-24(25,26)27/h4-15H,1-3H3. The predicted molar refractivity (Wildman–Crippen MR) is 109 cm³/mol. The summed E-state index contributed by atoms with van der Waals surface area (Å²) in [6.07, 6.45) is -4.09. The lowest BCUT2D eigenvalue weighted by molar-refractivity contribution is -0.274. The van der Waals surface area contributed by atoms with Gasteiger partial charge in [-0.2, -0.15) is 0 Å². The minimum absolute atomic E-state index is 0.0379. The number of benzene rings is 3. The molecule has 30 heavy (non-hydrogen) atoms. The molecule has 0 unspecified atom stereocenters. The Morgan fingerprint density at radius 2 is 1.33 bits per heavy atom. The monoisotopic (exact) mass is 414 g/mol. The summed E-state index contributed by atoms with van der Waals surface area (Å²) in [5, 5.41) is 0. The van der Waals surface area contributed by atoms with Gasteiger partial charge >= 0.3 is 6.36 Å². The van der Waals surface area contributed by atoms with E-state index in [0.717, 1.165) is 23.3 Å². The average Bonchev–Trinajstić information content (AvgIpc) is 2.68. The molecule has 0 aliphatic carbocycles. The lowest BCUT2D eigenvalue weighted by Crippen LogP contribution is -2.16. The number of carbonyl (C=O) groups is 1. The molecule has 0 fully saturated rings. The molecule has 3 nitrogen and oxygen atoms in total. The van der Waals surface area contributed by atoms with E-state index in [1.54, 1.807) is 12.1 Å². The van der Waals surface area contributed by atoms with Gasteiger partial charge in [-0.05, 0) is 58.5 Å². The van der Waals surface area contributed by atoms with Crippen LogP contribution < -0.4 is 9.47 Å². The molecule has 3 rings (SSSR count). The first-order chi connectivity index (χ1) is 14.0. The fraction of sp³-hybridized carbons (Fsp3) is 0.208. The lowest BCUT2D eigenvalue weighted by Gasteiger charge is -2.19. The van der Waals surface area contributed by atoms with Gasteiger partial charge in [-0.3, -0.25) is 4.79 Å². The smallest absolute Gasteiger partial charge is 0.457 e. The summed E-state index contributed by atoms with van der Waals surface area (Å²) < 4.78 is 46.5. The van der Waals surface area contributed by atoms with Gasteiger partial charge in [0.15, 0.2) is 6.29 Å². The minimum atomic E-state index is -4.76. The molecule has 0 aliphatic heterocycles. The number of halogens is 3. The molecule has 0 N–H and O–H groups in total. The van der Waals surface area contributed by atoms with E-state index in [-0.39, 0.29) is 16.9 Å². The van der Waals surface area contributed by atoms with Gasteiger partial charge in [-0.15, -0.1) is 13.2 Å². The summed E-state index contributed by atoms with van der Waals surface area (Å²) in [4.78, 5) is 11.4. The molecule has 0 bridgehead atoms. The lowest BCUT2D eigenvalue weighted by atomic mass is 9.86. The number of hydrogen-bond donors (Lipinski definition) is 0. The van der Waals surface area contributed by atoms with E-state index >= 15 is 0 Å². The Bertz CT molecular complexity index is 1020. The highest BCUT2D eigenvalue weighted by atomic mass is 19.4. The van der Waals surface area contributed by atoms with Gasteiger partial charge in [0.1, 0.15) is 17.2 Å². The average molecular weight is 414 g/mol. The van der Waals surface area contributed by atoms with E-state index in [1.807, 2.05) is 18.2 Å². The first kappa shape index (κ1) is 21.4. The van der Waals surface area contributed by atoms with E-state index in [0.29, 0.717) is 17.6 Å². The number of hydrogen-bond acceptors (Lipinski definition) is 3. The molecule has 156 valence electrons. The molecule has 0 radical (unpaired) electrons. The van der Waals surface area contributed by atoms with Crippen LogP contribution in [0.15, 0.2) is 66.7 Å². The third-order valence-corrected chi connectivity index (χ3v) is 4.51. The second-order valence-electron chi connectivity index (χ2n) is 7.82. The molecule has 0 heterocycles. The van der Waals surface area contributed by atoms with Crippen LogP contribution in [0.25, 0.3) is 11.1 Å². The maximum atomic E-state index is 12.3. The second kappa shape index (κ2) is 8.22. The Morgan fingerprint density at radius 1 is 0.767 bits per heavy atom. The molecule has 0 saturated carbocycles. The summed E-state index contributed by atoms with van der Waals surface area (Å²) in [6.45, 7) is 6.41. The third kappa shape index (κ3) is 5.41. The van der Waals surface area contributed by atoms with Crippen molar-refractivity contribution in [3.8, 4) is 28.4 Å². The van der Waals surface area contributed by atoms with E-state index in [4.69, 9.17) is 4.74 Å². The number of carbonyl (C=O) groups excluding carboxylic acids is 1. The molecule has 0 saturated heterocycles. The fourth-order valence-electron chi connectivity index (χ4n) is 2.90. The Balaban J connectivity index is 1.85. The number of ether oxygens (including phenoxy) is 2. The highest BCUT2D eigenvalue weighted by Crippen LogP contribution is 2.33. The third-order valence-electron chi connectivity index (χ3n) is 4.51. The maximum Gasteiger partial charge on any atom is 0.573 e. The van der Waals surface area contributed by atoms with Crippen molar-refractivity contribution in [2.75, 3.05) is 0 Å². The van der Waals surface area contributed by atoms with Crippen molar-refractivity contribution >= 4 is 6.29 Å². The fourth-order valence-corrected chi connectivity index (χ4v) is 2.90. The topological polar surface area (TPSA) is 35.5 Å². The molecule has 0 atom stereocenters. The Morgan fingerprint density at radius 3 is 1.87 bits per heavy atom. The van der Waals surface area contributed by atoms with Crippen molar-refractivity contribution in [2.45, 2.75) is 32.5 Å². The molecular weight excluding hydrogens is 393 g/mol. The summed E-state index contributed by atoms with van der Waals surface area (Å²) in [5.74, 6) is 0.248. The molecule has 3 aromatic carbocycles. The molecule has 0 amide bonds. The van der Waals surface area contributed by atoms with E-state index in [2.05, 4.69) is 37.6 Å². The quantitative estimate of drug-likeness (QED) is 0.416. The van der Waals surface area contributed by atoms with Crippen molar-refractivity contribution < 1.29 is 27.4 Å². The van der Waals surface area contributed by atoms with Crippen LogP contribution in [0, 0.1) is 0 Å². The molecule has 0 aromatic heterocycles. The van der Waals surface area contributed by atoms with Gasteiger partial charge in [-0.1, -0.05) is 51.1 Å². The van der Waals surface area contributed by atoms with Crippen LogP contribution in [0.1, 0.15) is 36.7 Å². The minimum Gasteiger partial charge on any atom is -0.457 e. The van der Waals surface area contributed by atoms with E-state index in [1.165, 1.54) is 17.7 Å². The Labute approximate surface area is 173 Å². The zero-order valence-corrected chi connectivity index (χ0v) is 16.8. The number of rotatable bonds is 5. The Hall–Kier alpha value is -3.28. The molecule has 6 heteroatoms. The van der Waals surface area contributed by atoms with Gasteiger partial charge in [0, 0.05) is 0 Å². The van der Waals surface area contributed by atoms with Gasteiger partial charge in [0.05, 0.1) is 5.56 Å². The van der Waals surface area contributed by atoms with Gasteiger partial charge < -0.3 is 9.47 Å². The van der Waals surface area contributed by atoms with Crippen LogP contribution in [0.4, 0.5) is 13.2 Å². The van der Waals surface area contributed by atoms with Gasteiger partial charge in [0.25, 0.3) is 0 Å². The Kier molecular flexibility index (Phi) is 5.87. The number of alkyl halides is 3. The summed E-state index contributed by atoms with van der Waals surface area (Å²) in [5.41, 5.74) is 3.39. The van der Waals surface area contributed by atoms with Crippen LogP contribution in [0.2, 0.25) is 0 Å². The van der Waals surface area contributed by atoms with Crippen LogP contribution in [-0.2, 0) is 5.41 Å². The maximum absolute atomic E-state index is 12.3. The first-order valence-electron chi connectivity index (χ1n) is 9.29. The summed E-state index contributed by atoms with van der Waals surface area (Å²) in [6, 6.07) is 18.3. The van der Waals surface area contributed by atoms with E-state index in [9.17, 15) is 18.0 Å². The normalized spacial score (nSPS) is 11.8. The van der Waals surface area contributed by atoms with Crippen LogP contribution in [-0.4, -0.2) is 12.6 Å².